The van der Waals surface area contributed by atoms with Crippen LogP contribution in [0.2, 0.25) is 0 Å². The summed E-state index contributed by atoms with van der Waals surface area (Å²) in [4.78, 5) is 33.9. The third-order valence-corrected chi connectivity index (χ3v) is 3.81. The molecular formula is C18H16N6O4. The number of hydrogen-bond donors (Lipinski definition) is 2. The van der Waals surface area contributed by atoms with Gasteiger partial charge in [-0.25, -0.2) is 4.68 Å². The summed E-state index contributed by atoms with van der Waals surface area (Å²) in [6, 6.07) is 12.2. The number of nitro groups is 1. The van der Waals surface area contributed by atoms with Crippen molar-refractivity contribution in [1.29, 1.82) is 0 Å². The lowest BCUT2D eigenvalue weighted by molar-refractivity contribution is -0.384. The summed E-state index contributed by atoms with van der Waals surface area (Å²) in [7, 11) is 0. The van der Waals surface area contributed by atoms with Gasteiger partial charge < -0.3 is 5.32 Å². The second kappa shape index (κ2) is 7.66. The first kappa shape index (κ1) is 18.7. The van der Waals surface area contributed by atoms with Gasteiger partial charge >= 0.3 is 0 Å². The van der Waals surface area contributed by atoms with Gasteiger partial charge in [0.2, 0.25) is 5.91 Å². The minimum atomic E-state index is -0.511. The molecule has 0 atom stereocenters. The van der Waals surface area contributed by atoms with Crippen LogP contribution in [-0.2, 0) is 4.79 Å². The molecule has 0 unspecified atom stereocenters. The number of aryl methyl sites for hydroxylation is 1. The predicted molar refractivity (Wildman–Crippen MR) is 103 cm³/mol. The van der Waals surface area contributed by atoms with Crippen molar-refractivity contribution in [3.05, 3.63) is 74.7 Å². The highest BCUT2D eigenvalue weighted by Gasteiger charge is 2.13. The van der Waals surface area contributed by atoms with Crippen molar-refractivity contribution in [3.8, 4) is 5.69 Å². The lowest BCUT2D eigenvalue weighted by atomic mass is 10.3. The predicted octanol–water partition coefficient (Wildman–Crippen LogP) is 3.76. The van der Waals surface area contributed by atoms with Crippen LogP contribution in [0.4, 0.5) is 22.7 Å². The van der Waals surface area contributed by atoms with Crippen LogP contribution in [0.3, 0.4) is 0 Å². The van der Waals surface area contributed by atoms with Crippen LogP contribution in [0.1, 0.15) is 12.6 Å². The third kappa shape index (κ3) is 4.01. The second-order valence-electron chi connectivity index (χ2n) is 5.93. The van der Waals surface area contributed by atoms with E-state index in [0.29, 0.717) is 22.8 Å². The van der Waals surface area contributed by atoms with E-state index in [4.69, 9.17) is 0 Å². The Balaban J connectivity index is 1.85. The maximum absolute atomic E-state index is 12.6. The molecule has 0 fully saturated rings. The first-order chi connectivity index (χ1) is 13.3. The number of hydrogen-bond acceptors (Lipinski definition) is 6. The van der Waals surface area contributed by atoms with Gasteiger partial charge in [0.25, 0.3) is 11.2 Å². The molecule has 10 nitrogen and oxygen atoms in total. The molecule has 28 heavy (non-hydrogen) atoms. The summed E-state index contributed by atoms with van der Waals surface area (Å²) in [5, 5.41) is 24.3. The van der Waals surface area contributed by atoms with Crippen molar-refractivity contribution >= 4 is 28.7 Å². The van der Waals surface area contributed by atoms with E-state index in [1.807, 2.05) is 0 Å². The summed E-state index contributed by atoms with van der Waals surface area (Å²) in [6.45, 7) is 3.09. The highest BCUT2D eigenvalue weighted by Crippen LogP contribution is 2.21. The molecule has 3 rings (SSSR count). The van der Waals surface area contributed by atoms with Gasteiger partial charge in [0, 0.05) is 24.7 Å². The fraction of sp³-hybridized carbons (Fsp3) is 0.111. The monoisotopic (exact) mass is 380 g/mol. The van der Waals surface area contributed by atoms with Crippen molar-refractivity contribution < 1.29 is 9.72 Å². The van der Waals surface area contributed by atoms with Crippen LogP contribution < -0.4 is 10.9 Å². The number of aromatic nitrogens is 2. The smallest absolute Gasteiger partial charge is 0.299 e. The quantitative estimate of drug-likeness (QED) is 0.396. The molecule has 0 aliphatic rings. The number of aromatic amines is 1. The van der Waals surface area contributed by atoms with Gasteiger partial charge in [-0.15, -0.1) is 5.11 Å². The molecule has 0 bridgehead atoms. The molecule has 1 heterocycles. The minimum Gasteiger partial charge on any atom is -0.326 e. The number of nitro benzene ring substituents is 1. The molecular weight excluding hydrogens is 364 g/mol. The van der Waals surface area contributed by atoms with Crippen molar-refractivity contribution in [2.45, 2.75) is 13.8 Å². The van der Waals surface area contributed by atoms with Gasteiger partial charge in [0.05, 0.1) is 22.0 Å². The Hall–Kier alpha value is -4.08. The Morgan fingerprint density at radius 3 is 2.32 bits per heavy atom. The molecule has 10 heteroatoms. The molecule has 0 spiro atoms. The van der Waals surface area contributed by atoms with Crippen LogP contribution in [0.5, 0.6) is 0 Å². The van der Waals surface area contributed by atoms with Crippen molar-refractivity contribution in [1.82, 2.24) is 9.78 Å². The van der Waals surface area contributed by atoms with Gasteiger partial charge in [-0.05, 0) is 43.3 Å². The van der Waals surface area contributed by atoms with Gasteiger partial charge in [-0.2, -0.15) is 5.11 Å². The van der Waals surface area contributed by atoms with Gasteiger partial charge in [-0.1, -0.05) is 0 Å². The summed E-state index contributed by atoms with van der Waals surface area (Å²) >= 11 is 0. The largest absolute Gasteiger partial charge is 0.326 e. The highest BCUT2D eigenvalue weighted by atomic mass is 16.6. The average Bonchev–Trinajstić information content (AvgIpc) is 2.95. The molecule has 0 aliphatic heterocycles. The molecule has 0 aliphatic carbocycles. The fourth-order valence-corrected chi connectivity index (χ4v) is 2.48. The number of azo groups is 1. The van der Waals surface area contributed by atoms with E-state index in [1.165, 1.54) is 35.9 Å². The molecule has 2 aromatic carbocycles. The molecule has 3 aromatic rings. The summed E-state index contributed by atoms with van der Waals surface area (Å²) in [5.74, 6) is -0.177. The van der Waals surface area contributed by atoms with Gasteiger partial charge in [0.15, 0.2) is 5.69 Å². The Bertz CT molecular complexity index is 1110. The minimum absolute atomic E-state index is 0.0669. The number of non-ortho nitro benzene ring substituents is 1. The number of rotatable bonds is 5. The Kier molecular flexibility index (Phi) is 5.12. The van der Waals surface area contributed by atoms with E-state index in [2.05, 4.69) is 20.6 Å². The van der Waals surface area contributed by atoms with E-state index < -0.39 is 10.5 Å². The number of nitrogens with one attached hydrogen (secondary N) is 2. The maximum Gasteiger partial charge on any atom is 0.299 e. The maximum atomic E-state index is 12.6. The Labute approximate surface area is 158 Å². The molecule has 0 saturated carbocycles. The number of H-pyrrole nitrogens is 1. The van der Waals surface area contributed by atoms with E-state index in [0.717, 1.165) is 0 Å². The van der Waals surface area contributed by atoms with Crippen LogP contribution in [0.25, 0.3) is 5.69 Å². The summed E-state index contributed by atoms with van der Waals surface area (Å²) in [5.41, 5.74) is 1.72. The number of anilines is 1. The van der Waals surface area contributed by atoms with Crippen molar-refractivity contribution in [3.63, 3.8) is 0 Å². The zero-order chi connectivity index (χ0) is 20.3. The van der Waals surface area contributed by atoms with E-state index >= 15 is 0 Å². The van der Waals surface area contributed by atoms with Crippen molar-refractivity contribution in [2.24, 2.45) is 10.2 Å². The van der Waals surface area contributed by atoms with Gasteiger partial charge in [0.1, 0.15) is 0 Å². The molecule has 142 valence electrons. The standard InChI is InChI=1S/C18H16N6O4/c1-11-17(21-20-14-5-3-13(4-6-14)19-12(2)25)18(26)23(22-11)15-7-9-16(10-8-15)24(27)28/h3-10,22H,1-2H3,(H,19,25). The first-order valence-corrected chi connectivity index (χ1v) is 8.21. The van der Waals surface area contributed by atoms with Gasteiger partial charge in [-0.3, -0.25) is 24.8 Å². The lowest BCUT2D eigenvalue weighted by Crippen LogP contribution is -2.13. The number of benzene rings is 2. The van der Waals surface area contributed by atoms with Crippen molar-refractivity contribution in [2.75, 3.05) is 5.32 Å². The molecule has 2 N–H and O–H groups in total. The molecule has 1 amide bonds. The Morgan fingerprint density at radius 2 is 1.75 bits per heavy atom. The molecule has 0 saturated heterocycles. The van der Waals surface area contributed by atoms with Crippen LogP contribution in [0.15, 0.2) is 63.6 Å². The van der Waals surface area contributed by atoms with Crippen LogP contribution >= 0.6 is 0 Å². The summed E-state index contributed by atoms with van der Waals surface area (Å²) in [6.07, 6.45) is 0. The van der Waals surface area contributed by atoms with Crippen LogP contribution in [-0.4, -0.2) is 20.6 Å². The number of carbonyl (C=O) groups excluding carboxylic acids is 1. The zero-order valence-corrected chi connectivity index (χ0v) is 15.0. The zero-order valence-electron chi connectivity index (χ0n) is 15.0. The van der Waals surface area contributed by atoms with E-state index in [-0.39, 0.29) is 17.3 Å². The number of nitrogens with zero attached hydrogens (tertiary/aromatic N) is 4. The SMILES string of the molecule is CC(=O)Nc1ccc(N=Nc2c(C)[nH]n(-c3ccc([N+](=O)[O-])cc3)c2=O)cc1. The lowest BCUT2D eigenvalue weighted by Gasteiger charge is -2.00. The summed E-state index contributed by atoms with van der Waals surface area (Å²) < 4.78 is 1.24. The molecule has 1 aromatic heterocycles. The van der Waals surface area contributed by atoms with Crippen LogP contribution in [0, 0.1) is 17.0 Å². The first-order valence-electron chi connectivity index (χ1n) is 8.21. The Morgan fingerprint density at radius 1 is 1.11 bits per heavy atom. The highest BCUT2D eigenvalue weighted by molar-refractivity contribution is 5.88. The third-order valence-electron chi connectivity index (χ3n) is 3.81. The second-order valence-corrected chi connectivity index (χ2v) is 5.93. The number of carbonyl (C=O) groups is 1. The number of amides is 1. The van der Waals surface area contributed by atoms with E-state index in [9.17, 15) is 19.7 Å². The van der Waals surface area contributed by atoms with E-state index in [1.54, 1.807) is 31.2 Å². The topological polar surface area (TPSA) is 135 Å². The normalized spacial score (nSPS) is 10.9. The molecule has 0 radical (unpaired) electrons. The average molecular weight is 380 g/mol. The fourth-order valence-electron chi connectivity index (χ4n) is 2.48.